The van der Waals surface area contributed by atoms with Gasteiger partial charge in [-0.05, 0) is 31.2 Å². The third kappa shape index (κ3) is 2.94. The van der Waals surface area contributed by atoms with Gasteiger partial charge in [-0.25, -0.2) is 27.0 Å². The second kappa shape index (κ2) is 5.17. The predicted octanol–water partition coefficient (Wildman–Crippen LogP) is 1.72. The Kier molecular flexibility index (Phi) is 3.47. The van der Waals surface area contributed by atoms with Crippen LogP contribution in [0.3, 0.4) is 0 Å². The van der Waals surface area contributed by atoms with Crippen LogP contribution in [0.25, 0.3) is 4.96 Å². The third-order valence-corrected chi connectivity index (χ3v) is 5.02. The number of sulfonamides is 1. The SMILES string of the molecule is Cc1nn2cc(CNS(=O)(=O)c3ccc(F)cc3)nc2s1. The van der Waals surface area contributed by atoms with E-state index in [1.807, 2.05) is 6.92 Å². The molecule has 2 aromatic heterocycles. The molecule has 6 nitrogen and oxygen atoms in total. The van der Waals surface area contributed by atoms with E-state index in [1.54, 1.807) is 10.7 Å². The van der Waals surface area contributed by atoms with Crippen LogP contribution < -0.4 is 4.72 Å². The van der Waals surface area contributed by atoms with E-state index in [0.717, 1.165) is 17.1 Å². The molecule has 0 bridgehead atoms. The highest BCUT2D eigenvalue weighted by Gasteiger charge is 2.15. The maximum atomic E-state index is 12.8. The summed E-state index contributed by atoms with van der Waals surface area (Å²) in [6.45, 7) is 1.92. The molecule has 0 unspecified atom stereocenters. The minimum atomic E-state index is -3.69. The van der Waals surface area contributed by atoms with Gasteiger partial charge in [-0.1, -0.05) is 11.3 Å². The van der Waals surface area contributed by atoms with E-state index in [-0.39, 0.29) is 11.4 Å². The smallest absolute Gasteiger partial charge is 0.221 e. The highest BCUT2D eigenvalue weighted by Crippen LogP contribution is 2.14. The highest BCUT2D eigenvalue weighted by atomic mass is 32.2. The molecule has 0 saturated carbocycles. The fraction of sp³-hybridized carbons (Fsp3) is 0.167. The topological polar surface area (TPSA) is 76.4 Å². The first-order valence-electron chi connectivity index (χ1n) is 6.01. The lowest BCUT2D eigenvalue weighted by atomic mass is 10.4. The molecule has 9 heteroatoms. The Hall–Kier alpha value is -1.84. The summed E-state index contributed by atoms with van der Waals surface area (Å²) in [7, 11) is -3.69. The predicted molar refractivity (Wildman–Crippen MR) is 76.0 cm³/mol. The van der Waals surface area contributed by atoms with Crippen LogP contribution in [-0.4, -0.2) is 23.0 Å². The molecule has 0 spiro atoms. The van der Waals surface area contributed by atoms with E-state index in [9.17, 15) is 12.8 Å². The van der Waals surface area contributed by atoms with Crippen molar-refractivity contribution in [1.82, 2.24) is 19.3 Å². The molecular formula is C12H11FN4O2S2. The molecule has 21 heavy (non-hydrogen) atoms. The second-order valence-corrected chi connectivity index (χ2v) is 7.29. The van der Waals surface area contributed by atoms with Crippen LogP contribution >= 0.6 is 11.3 Å². The van der Waals surface area contributed by atoms with Crippen molar-refractivity contribution < 1.29 is 12.8 Å². The zero-order chi connectivity index (χ0) is 15.0. The van der Waals surface area contributed by atoms with Crippen LogP contribution in [0.1, 0.15) is 10.7 Å². The summed E-state index contributed by atoms with van der Waals surface area (Å²) in [4.78, 5) is 5.00. The van der Waals surface area contributed by atoms with Gasteiger partial charge in [-0.2, -0.15) is 5.10 Å². The fourth-order valence-corrected chi connectivity index (χ4v) is 3.54. The summed E-state index contributed by atoms with van der Waals surface area (Å²) in [6, 6.07) is 4.64. The minimum absolute atomic E-state index is 0.0129. The van der Waals surface area contributed by atoms with E-state index in [0.29, 0.717) is 10.7 Å². The number of aromatic nitrogens is 3. The van der Waals surface area contributed by atoms with Crippen LogP contribution in [0.4, 0.5) is 4.39 Å². The first-order valence-corrected chi connectivity index (χ1v) is 8.31. The normalized spacial score (nSPS) is 12.1. The van der Waals surface area contributed by atoms with E-state index in [1.165, 1.54) is 23.5 Å². The maximum absolute atomic E-state index is 12.8. The number of hydrogen-bond acceptors (Lipinski definition) is 5. The number of halogens is 1. The molecule has 0 saturated heterocycles. The van der Waals surface area contributed by atoms with Crippen molar-refractivity contribution in [2.45, 2.75) is 18.4 Å². The van der Waals surface area contributed by atoms with Crippen molar-refractivity contribution in [3.63, 3.8) is 0 Å². The lowest BCUT2D eigenvalue weighted by molar-refractivity contribution is 0.579. The molecule has 0 aliphatic heterocycles. The Balaban J connectivity index is 1.76. The Bertz CT molecular complexity index is 852. The summed E-state index contributed by atoms with van der Waals surface area (Å²) >= 11 is 1.43. The molecule has 110 valence electrons. The van der Waals surface area contributed by atoms with Crippen molar-refractivity contribution in [2.75, 3.05) is 0 Å². The van der Waals surface area contributed by atoms with Gasteiger partial charge in [0.05, 0.1) is 23.3 Å². The molecule has 0 amide bonds. The molecule has 0 fully saturated rings. The molecule has 1 aromatic carbocycles. The summed E-state index contributed by atoms with van der Waals surface area (Å²) < 4.78 is 40.9. The first kappa shape index (κ1) is 14.1. The monoisotopic (exact) mass is 326 g/mol. The average Bonchev–Trinajstić information content (AvgIpc) is 2.94. The number of hydrogen-bond donors (Lipinski definition) is 1. The highest BCUT2D eigenvalue weighted by molar-refractivity contribution is 7.89. The van der Waals surface area contributed by atoms with Gasteiger partial charge < -0.3 is 0 Å². The van der Waals surface area contributed by atoms with Gasteiger partial charge >= 0.3 is 0 Å². The molecule has 0 radical (unpaired) electrons. The van der Waals surface area contributed by atoms with E-state index >= 15 is 0 Å². The molecule has 3 rings (SSSR count). The van der Waals surface area contributed by atoms with Gasteiger partial charge in [-0.3, -0.25) is 0 Å². The molecule has 1 N–H and O–H groups in total. The van der Waals surface area contributed by atoms with Crippen LogP contribution in [0.15, 0.2) is 35.4 Å². The van der Waals surface area contributed by atoms with Crippen molar-refractivity contribution in [1.29, 1.82) is 0 Å². The molecule has 3 aromatic rings. The van der Waals surface area contributed by atoms with Gasteiger partial charge in [0.2, 0.25) is 15.0 Å². The van der Waals surface area contributed by atoms with Crippen LogP contribution in [-0.2, 0) is 16.6 Å². The minimum Gasteiger partial charge on any atom is -0.221 e. The van der Waals surface area contributed by atoms with Gasteiger partial charge in [0.25, 0.3) is 0 Å². The number of nitrogens with zero attached hydrogens (tertiary/aromatic N) is 3. The van der Waals surface area contributed by atoms with Crippen LogP contribution in [0.2, 0.25) is 0 Å². The van der Waals surface area contributed by atoms with E-state index < -0.39 is 15.8 Å². The molecule has 0 atom stereocenters. The van der Waals surface area contributed by atoms with Gasteiger partial charge in [0, 0.05) is 0 Å². The van der Waals surface area contributed by atoms with Crippen molar-refractivity contribution in [2.24, 2.45) is 0 Å². The molecular weight excluding hydrogens is 315 g/mol. The third-order valence-electron chi connectivity index (χ3n) is 2.76. The fourth-order valence-electron chi connectivity index (χ4n) is 1.80. The Labute approximate surface area is 124 Å². The molecule has 0 aliphatic rings. The van der Waals surface area contributed by atoms with E-state index in [4.69, 9.17) is 0 Å². The lowest BCUT2D eigenvalue weighted by Crippen LogP contribution is -2.23. The average molecular weight is 326 g/mol. The number of rotatable bonds is 4. The first-order chi connectivity index (χ1) is 9.94. The van der Waals surface area contributed by atoms with Crippen molar-refractivity contribution in [3.05, 3.63) is 47.0 Å². The standard InChI is InChI=1S/C12H11FN4O2S2/c1-8-16-17-7-10(15-12(17)20-8)6-14-21(18,19)11-4-2-9(13)3-5-11/h2-5,7,14H,6H2,1H3. The van der Waals surface area contributed by atoms with Crippen molar-refractivity contribution in [3.8, 4) is 0 Å². The second-order valence-electron chi connectivity index (χ2n) is 4.36. The maximum Gasteiger partial charge on any atom is 0.240 e. The Morgan fingerprint density at radius 1 is 1.33 bits per heavy atom. The lowest BCUT2D eigenvalue weighted by Gasteiger charge is -2.04. The summed E-state index contributed by atoms with van der Waals surface area (Å²) in [5, 5.41) is 5.09. The largest absolute Gasteiger partial charge is 0.240 e. The molecule has 2 heterocycles. The number of nitrogens with one attached hydrogen (secondary N) is 1. The Morgan fingerprint density at radius 3 is 2.71 bits per heavy atom. The zero-order valence-corrected chi connectivity index (χ0v) is 12.6. The number of benzene rings is 1. The van der Waals surface area contributed by atoms with Crippen molar-refractivity contribution >= 4 is 26.3 Å². The summed E-state index contributed by atoms with van der Waals surface area (Å²) in [5.74, 6) is -0.482. The van der Waals surface area contributed by atoms with Gasteiger partial charge in [0.1, 0.15) is 10.8 Å². The van der Waals surface area contributed by atoms with Crippen LogP contribution in [0.5, 0.6) is 0 Å². The summed E-state index contributed by atoms with van der Waals surface area (Å²) in [5.41, 5.74) is 0.569. The number of fused-ring (bicyclic) bond motifs is 1. The van der Waals surface area contributed by atoms with Crippen LogP contribution in [0, 0.1) is 12.7 Å². The van der Waals surface area contributed by atoms with Gasteiger partial charge in [0.15, 0.2) is 0 Å². The number of aryl methyl sites for hydroxylation is 1. The van der Waals surface area contributed by atoms with E-state index in [2.05, 4.69) is 14.8 Å². The molecule has 0 aliphatic carbocycles. The number of imidazole rings is 1. The van der Waals surface area contributed by atoms with Gasteiger partial charge in [-0.15, -0.1) is 0 Å². The zero-order valence-electron chi connectivity index (χ0n) is 10.9. The Morgan fingerprint density at radius 2 is 2.05 bits per heavy atom. The summed E-state index contributed by atoms with van der Waals surface area (Å²) in [6.07, 6.45) is 1.67. The quantitative estimate of drug-likeness (QED) is 0.792.